The van der Waals surface area contributed by atoms with Crippen LogP contribution in [0.1, 0.15) is 31.2 Å². The van der Waals surface area contributed by atoms with Crippen molar-refractivity contribution in [1.29, 1.82) is 0 Å². The zero-order valence-electron chi connectivity index (χ0n) is 11.1. The zero-order chi connectivity index (χ0) is 12.5. The third-order valence-electron chi connectivity index (χ3n) is 4.39. The number of benzene rings is 1. The zero-order valence-corrected chi connectivity index (χ0v) is 11.1. The van der Waals surface area contributed by atoms with E-state index in [1.807, 2.05) is 0 Å². The molecule has 3 rings (SSSR count). The third kappa shape index (κ3) is 1.71. The Labute approximate surface area is 109 Å². The minimum absolute atomic E-state index is 0.638. The van der Waals surface area contributed by atoms with Crippen molar-refractivity contribution < 1.29 is 4.74 Å². The van der Waals surface area contributed by atoms with E-state index in [1.165, 1.54) is 30.5 Å². The first kappa shape index (κ1) is 11.6. The van der Waals surface area contributed by atoms with Gasteiger partial charge in [0, 0.05) is 23.3 Å². The fraction of sp³-hybridized carbons (Fsp3) is 0.500. The monoisotopic (exact) mass is 243 g/mol. The molecular formula is C16H21NO. The minimum atomic E-state index is 0.638. The Bertz CT molecular complexity index is 454. The second-order valence-corrected chi connectivity index (χ2v) is 5.31. The van der Waals surface area contributed by atoms with E-state index in [9.17, 15) is 0 Å². The fourth-order valence-electron chi connectivity index (χ4n) is 3.61. The van der Waals surface area contributed by atoms with Crippen LogP contribution >= 0.6 is 0 Å². The highest BCUT2D eigenvalue weighted by Crippen LogP contribution is 2.43. The van der Waals surface area contributed by atoms with Gasteiger partial charge in [0.25, 0.3) is 0 Å². The standard InChI is InChI=1S/C16H21NO/c1-3-5-12-8-9-13-10-11-14-15(17(12)13)6-4-7-16(14)18-2/h3-4,6-7,12-13H,1,5,8-11H2,2H3/t12-,13+/m0/s1. The van der Waals surface area contributed by atoms with Crippen molar-refractivity contribution in [3.05, 3.63) is 36.4 Å². The molecule has 0 bridgehead atoms. The van der Waals surface area contributed by atoms with Gasteiger partial charge in [0.15, 0.2) is 0 Å². The maximum atomic E-state index is 5.51. The molecule has 2 atom stereocenters. The van der Waals surface area contributed by atoms with Crippen LogP contribution in [0.2, 0.25) is 0 Å². The molecule has 1 aromatic carbocycles. The van der Waals surface area contributed by atoms with Gasteiger partial charge >= 0.3 is 0 Å². The summed E-state index contributed by atoms with van der Waals surface area (Å²) in [6, 6.07) is 7.82. The lowest BCUT2D eigenvalue weighted by Crippen LogP contribution is -2.39. The molecule has 2 heterocycles. The van der Waals surface area contributed by atoms with Crippen LogP contribution in [0, 0.1) is 0 Å². The number of nitrogens with zero attached hydrogens (tertiary/aromatic N) is 1. The van der Waals surface area contributed by atoms with Crippen molar-refractivity contribution in [2.45, 2.75) is 44.2 Å². The number of anilines is 1. The van der Waals surface area contributed by atoms with E-state index in [4.69, 9.17) is 4.74 Å². The second-order valence-electron chi connectivity index (χ2n) is 5.31. The van der Waals surface area contributed by atoms with Gasteiger partial charge in [0.05, 0.1) is 7.11 Å². The average molecular weight is 243 g/mol. The number of fused-ring (bicyclic) bond motifs is 3. The summed E-state index contributed by atoms with van der Waals surface area (Å²) < 4.78 is 5.51. The lowest BCUT2D eigenvalue weighted by atomic mass is 9.95. The van der Waals surface area contributed by atoms with Crippen LogP contribution in [-0.4, -0.2) is 19.2 Å². The van der Waals surface area contributed by atoms with Gasteiger partial charge in [-0.25, -0.2) is 0 Å². The maximum Gasteiger partial charge on any atom is 0.124 e. The molecule has 0 amide bonds. The van der Waals surface area contributed by atoms with Gasteiger partial charge in [-0.15, -0.1) is 6.58 Å². The number of hydrogen-bond donors (Lipinski definition) is 0. The fourth-order valence-corrected chi connectivity index (χ4v) is 3.61. The van der Waals surface area contributed by atoms with E-state index in [0.29, 0.717) is 6.04 Å². The molecular weight excluding hydrogens is 222 g/mol. The van der Waals surface area contributed by atoms with Crippen LogP contribution < -0.4 is 9.64 Å². The van der Waals surface area contributed by atoms with E-state index >= 15 is 0 Å². The van der Waals surface area contributed by atoms with Gasteiger partial charge in [0.2, 0.25) is 0 Å². The van der Waals surface area contributed by atoms with E-state index in [1.54, 1.807) is 7.11 Å². The van der Waals surface area contributed by atoms with Crippen LogP contribution in [0.4, 0.5) is 5.69 Å². The molecule has 0 aromatic heterocycles. The van der Waals surface area contributed by atoms with E-state index < -0.39 is 0 Å². The Kier molecular flexibility index (Phi) is 3.02. The molecule has 0 aliphatic carbocycles. The minimum Gasteiger partial charge on any atom is -0.496 e. The normalized spacial score (nSPS) is 25.5. The van der Waals surface area contributed by atoms with Crippen LogP contribution in [-0.2, 0) is 6.42 Å². The molecule has 0 N–H and O–H groups in total. The molecule has 2 aliphatic rings. The molecule has 0 radical (unpaired) electrons. The summed E-state index contributed by atoms with van der Waals surface area (Å²) >= 11 is 0. The highest BCUT2D eigenvalue weighted by molar-refractivity contribution is 5.63. The van der Waals surface area contributed by atoms with Gasteiger partial charge in [0.1, 0.15) is 5.75 Å². The summed E-state index contributed by atoms with van der Waals surface area (Å²) in [5, 5.41) is 0. The molecule has 0 saturated carbocycles. The Hall–Kier alpha value is -1.44. The number of methoxy groups -OCH3 is 1. The predicted octanol–water partition coefficient (Wildman–Crippen LogP) is 3.55. The molecule has 2 aliphatic heterocycles. The van der Waals surface area contributed by atoms with Crippen molar-refractivity contribution in [3.63, 3.8) is 0 Å². The summed E-state index contributed by atoms with van der Waals surface area (Å²) in [7, 11) is 1.77. The Morgan fingerprint density at radius 3 is 3.06 bits per heavy atom. The first-order valence-electron chi connectivity index (χ1n) is 6.90. The van der Waals surface area contributed by atoms with Crippen LogP contribution in [0.3, 0.4) is 0 Å². The number of ether oxygens (including phenoxy) is 1. The third-order valence-corrected chi connectivity index (χ3v) is 4.39. The molecule has 96 valence electrons. The van der Waals surface area contributed by atoms with Crippen molar-refractivity contribution in [2.24, 2.45) is 0 Å². The van der Waals surface area contributed by atoms with E-state index in [0.717, 1.165) is 24.6 Å². The topological polar surface area (TPSA) is 12.5 Å². The summed E-state index contributed by atoms with van der Waals surface area (Å²) in [5.74, 6) is 1.05. The predicted molar refractivity (Wildman–Crippen MR) is 75.4 cm³/mol. The van der Waals surface area contributed by atoms with Gasteiger partial charge in [-0.3, -0.25) is 0 Å². The molecule has 2 heteroatoms. The van der Waals surface area contributed by atoms with Crippen molar-refractivity contribution in [1.82, 2.24) is 0 Å². The van der Waals surface area contributed by atoms with Crippen molar-refractivity contribution >= 4 is 5.69 Å². The van der Waals surface area contributed by atoms with E-state index in [2.05, 4.69) is 35.8 Å². The number of hydrogen-bond acceptors (Lipinski definition) is 2. The maximum absolute atomic E-state index is 5.51. The van der Waals surface area contributed by atoms with Gasteiger partial charge in [-0.2, -0.15) is 0 Å². The Morgan fingerprint density at radius 2 is 2.28 bits per heavy atom. The molecule has 18 heavy (non-hydrogen) atoms. The van der Waals surface area contributed by atoms with Gasteiger partial charge < -0.3 is 9.64 Å². The van der Waals surface area contributed by atoms with Gasteiger partial charge in [-0.1, -0.05) is 12.1 Å². The summed E-state index contributed by atoms with van der Waals surface area (Å²) in [6.07, 6.45) is 8.19. The molecule has 2 nitrogen and oxygen atoms in total. The first-order chi connectivity index (χ1) is 8.85. The summed E-state index contributed by atoms with van der Waals surface area (Å²) in [6.45, 7) is 3.90. The second kappa shape index (κ2) is 4.68. The quantitative estimate of drug-likeness (QED) is 0.753. The highest BCUT2D eigenvalue weighted by Gasteiger charge is 2.37. The van der Waals surface area contributed by atoms with Gasteiger partial charge in [-0.05, 0) is 44.2 Å². The first-order valence-corrected chi connectivity index (χ1v) is 6.90. The van der Waals surface area contributed by atoms with Crippen LogP contribution in [0.5, 0.6) is 5.75 Å². The summed E-state index contributed by atoms with van der Waals surface area (Å²) in [4.78, 5) is 2.63. The SMILES string of the molecule is C=CC[C@H]1CC[C@@H]2CCc3c(OC)cccc3N21. The lowest BCUT2D eigenvalue weighted by molar-refractivity contribution is 0.405. The smallest absolute Gasteiger partial charge is 0.124 e. The van der Waals surface area contributed by atoms with Crippen LogP contribution in [0.15, 0.2) is 30.9 Å². The number of rotatable bonds is 3. The van der Waals surface area contributed by atoms with Crippen molar-refractivity contribution in [3.8, 4) is 5.75 Å². The van der Waals surface area contributed by atoms with Crippen LogP contribution in [0.25, 0.3) is 0 Å². The highest BCUT2D eigenvalue weighted by atomic mass is 16.5. The molecule has 1 saturated heterocycles. The largest absolute Gasteiger partial charge is 0.496 e. The summed E-state index contributed by atoms with van der Waals surface area (Å²) in [5.41, 5.74) is 2.79. The molecule has 0 spiro atoms. The lowest BCUT2D eigenvalue weighted by Gasteiger charge is -2.38. The molecule has 0 unspecified atom stereocenters. The molecule has 1 fully saturated rings. The Morgan fingerprint density at radius 1 is 1.39 bits per heavy atom. The van der Waals surface area contributed by atoms with Crippen molar-refractivity contribution in [2.75, 3.05) is 12.0 Å². The average Bonchev–Trinajstić information content (AvgIpc) is 2.82. The molecule has 1 aromatic rings. The Balaban J connectivity index is 2.01. The van der Waals surface area contributed by atoms with E-state index in [-0.39, 0.29) is 0 Å².